The normalized spacial score (nSPS) is 10.2. The maximum Gasteiger partial charge on any atom is 0.236 e. The van der Waals surface area contributed by atoms with E-state index in [1.165, 1.54) is 0 Å². The first-order valence-corrected chi connectivity index (χ1v) is 8.21. The molecule has 0 atom stereocenters. The number of nitrogens with zero attached hydrogens (tertiary/aromatic N) is 2. The number of nitriles is 1. The van der Waals surface area contributed by atoms with Gasteiger partial charge in [0.05, 0.1) is 7.11 Å². The van der Waals surface area contributed by atoms with Crippen LogP contribution in [0.2, 0.25) is 5.02 Å². The van der Waals surface area contributed by atoms with E-state index < -0.39 is 0 Å². The third kappa shape index (κ3) is 4.26. The molecular weight excluding hydrogens is 354 g/mol. The molecule has 0 saturated heterocycles. The Labute approximate surface area is 155 Å². The fourth-order valence-corrected chi connectivity index (χ4v) is 2.46. The van der Waals surface area contributed by atoms with Crippen LogP contribution in [0.25, 0.3) is 0 Å². The van der Waals surface area contributed by atoms with Gasteiger partial charge in [0.25, 0.3) is 0 Å². The second-order valence-electron chi connectivity index (χ2n) is 5.31. The van der Waals surface area contributed by atoms with Gasteiger partial charge in [-0.1, -0.05) is 29.8 Å². The molecule has 132 valence electrons. The monoisotopic (exact) mass is 369 g/mol. The zero-order valence-electron chi connectivity index (χ0n) is 14.0. The van der Waals surface area contributed by atoms with Crippen molar-refractivity contribution < 1.29 is 13.9 Å². The minimum Gasteiger partial charge on any atom is -0.497 e. The molecule has 0 radical (unpaired) electrons. The van der Waals surface area contributed by atoms with Gasteiger partial charge >= 0.3 is 0 Å². The van der Waals surface area contributed by atoms with Gasteiger partial charge in [0.15, 0.2) is 6.61 Å². The Kier molecular flexibility index (Phi) is 5.62. The van der Waals surface area contributed by atoms with Gasteiger partial charge in [-0.15, -0.1) is 0 Å². The number of anilines is 1. The molecule has 0 aliphatic carbocycles. The summed E-state index contributed by atoms with van der Waals surface area (Å²) in [6.07, 6.45) is 0. The lowest BCUT2D eigenvalue weighted by Crippen LogP contribution is -2.00. The molecule has 3 rings (SSSR count). The molecule has 0 bridgehead atoms. The zero-order chi connectivity index (χ0) is 18.4. The molecule has 1 aromatic heterocycles. The summed E-state index contributed by atoms with van der Waals surface area (Å²) < 4.78 is 16.3. The summed E-state index contributed by atoms with van der Waals surface area (Å²) in [5.41, 5.74) is 1.07. The van der Waals surface area contributed by atoms with Gasteiger partial charge in [-0.05, 0) is 35.9 Å². The standard InChI is InChI=1S/C19H16ClN3O3/c1-24-14-6-8-15(9-7-14)25-12-18-23-17(10-21)19(26-18)22-11-13-4-2-3-5-16(13)20/h2-9,22H,11-12H2,1H3. The molecule has 7 heteroatoms. The highest BCUT2D eigenvalue weighted by Gasteiger charge is 2.14. The van der Waals surface area contributed by atoms with Gasteiger partial charge in [0.1, 0.15) is 17.6 Å². The van der Waals surface area contributed by atoms with Gasteiger partial charge in [0.2, 0.25) is 17.5 Å². The number of ether oxygens (including phenoxy) is 2. The number of methoxy groups -OCH3 is 1. The van der Waals surface area contributed by atoms with E-state index in [9.17, 15) is 5.26 Å². The van der Waals surface area contributed by atoms with Crippen molar-refractivity contribution in [3.05, 3.63) is 70.7 Å². The summed E-state index contributed by atoms with van der Waals surface area (Å²) in [5, 5.41) is 12.9. The Morgan fingerprint density at radius 3 is 2.58 bits per heavy atom. The molecule has 0 aliphatic heterocycles. The highest BCUT2D eigenvalue weighted by atomic mass is 35.5. The van der Waals surface area contributed by atoms with E-state index in [1.54, 1.807) is 37.4 Å². The predicted molar refractivity (Wildman–Crippen MR) is 97.3 cm³/mol. The van der Waals surface area contributed by atoms with Crippen LogP contribution < -0.4 is 14.8 Å². The van der Waals surface area contributed by atoms with Crippen molar-refractivity contribution in [3.8, 4) is 17.6 Å². The maximum absolute atomic E-state index is 9.23. The lowest BCUT2D eigenvalue weighted by Gasteiger charge is -2.05. The molecule has 0 amide bonds. The second kappa shape index (κ2) is 8.28. The Morgan fingerprint density at radius 1 is 1.15 bits per heavy atom. The van der Waals surface area contributed by atoms with Crippen LogP contribution in [0.15, 0.2) is 52.9 Å². The van der Waals surface area contributed by atoms with Gasteiger partial charge in [0, 0.05) is 11.6 Å². The first kappa shape index (κ1) is 17.6. The maximum atomic E-state index is 9.23. The third-order valence-electron chi connectivity index (χ3n) is 3.60. The fraction of sp³-hybridized carbons (Fsp3) is 0.158. The minimum absolute atomic E-state index is 0.106. The van der Waals surface area contributed by atoms with Crippen LogP contribution in [0, 0.1) is 11.3 Å². The molecule has 1 N–H and O–H groups in total. The molecular formula is C19H16ClN3O3. The lowest BCUT2D eigenvalue weighted by molar-refractivity contribution is 0.264. The van der Waals surface area contributed by atoms with Crippen LogP contribution >= 0.6 is 11.6 Å². The van der Waals surface area contributed by atoms with Crippen LogP contribution in [0.5, 0.6) is 11.5 Å². The van der Waals surface area contributed by atoms with Gasteiger partial charge in [-0.2, -0.15) is 10.2 Å². The molecule has 26 heavy (non-hydrogen) atoms. The summed E-state index contributed by atoms with van der Waals surface area (Å²) in [6, 6.07) is 16.6. The molecule has 0 spiro atoms. The Hall–Kier alpha value is -3.17. The van der Waals surface area contributed by atoms with E-state index in [-0.39, 0.29) is 12.3 Å². The topological polar surface area (TPSA) is 80.3 Å². The minimum atomic E-state index is 0.106. The first-order valence-electron chi connectivity index (χ1n) is 7.83. The van der Waals surface area contributed by atoms with Crippen LogP contribution in [0.4, 0.5) is 5.88 Å². The van der Waals surface area contributed by atoms with Crippen molar-refractivity contribution in [2.45, 2.75) is 13.2 Å². The van der Waals surface area contributed by atoms with Crippen molar-refractivity contribution in [3.63, 3.8) is 0 Å². The van der Waals surface area contributed by atoms with Crippen molar-refractivity contribution in [1.29, 1.82) is 5.26 Å². The van der Waals surface area contributed by atoms with Gasteiger partial charge in [-0.3, -0.25) is 0 Å². The number of benzene rings is 2. The molecule has 0 aliphatic rings. The van der Waals surface area contributed by atoms with Crippen LogP contribution in [0.1, 0.15) is 17.1 Å². The van der Waals surface area contributed by atoms with Gasteiger partial charge in [-0.25, -0.2) is 0 Å². The lowest BCUT2D eigenvalue weighted by atomic mass is 10.2. The summed E-state index contributed by atoms with van der Waals surface area (Å²) in [5.74, 6) is 1.99. The van der Waals surface area contributed by atoms with E-state index in [4.69, 9.17) is 25.5 Å². The number of nitrogens with one attached hydrogen (secondary N) is 1. The van der Waals surface area contributed by atoms with E-state index >= 15 is 0 Å². The van der Waals surface area contributed by atoms with E-state index in [0.717, 1.165) is 11.3 Å². The van der Waals surface area contributed by atoms with Crippen LogP contribution in [0.3, 0.4) is 0 Å². The highest BCUT2D eigenvalue weighted by Crippen LogP contribution is 2.22. The molecule has 3 aromatic rings. The molecule has 0 saturated carbocycles. The SMILES string of the molecule is COc1ccc(OCc2nc(C#N)c(NCc3ccccc3Cl)o2)cc1. The van der Waals surface area contributed by atoms with E-state index in [2.05, 4.69) is 10.3 Å². The summed E-state index contributed by atoms with van der Waals surface area (Å²) in [6.45, 7) is 0.525. The number of rotatable bonds is 7. The summed E-state index contributed by atoms with van der Waals surface area (Å²) in [7, 11) is 1.60. The summed E-state index contributed by atoms with van der Waals surface area (Å²) in [4.78, 5) is 4.14. The van der Waals surface area contributed by atoms with Crippen LogP contribution in [-0.4, -0.2) is 12.1 Å². The Bertz CT molecular complexity index is 917. The van der Waals surface area contributed by atoms with Gasteiger partial charge < -0.3 is 19.2 Å². The average Bonchev–Trinajstić information content (AvgIpc) is 3.08. The summed E-state index contributed by atoms with van der Waals surface area (Å²) >= 11 is 6.13. The molecule has 1 heterocycles. The predicted octanol–water partition coefficient (Wildman–Crippen LogP) is 4.40. The number of hydrogen-bond donors (Lipinski definition) is 1. The van der Waals surface area contributed by atoms with E-state index in [0.29, 0.717) is 29.1 Å². The smallest absolute Gasteiger partial charge is 0.236 e. The molecule has 6 nitrogen and oxygen atoms in total. The number of oxazole rings is 1. The van der Waals surface area contributed by atoms with Crippen LogP contribution in [-0.2, 0) is 13.2 Å². The third-order valence-corrected chi connectivity index (χ3v) is 3.97. The number of aromatic nitrogens is 1. The van der Waals surface area contributed by atoms with Crippen molar-refractivity contribution in [2.24, 2.45) is 0 Å². The first-order chi connectivity index (χ1) is 12.7. The number of halogens is 1. The average molecular weight is 370 g/mol. The van der Waals surface area contributed by atoms with Crippen molar-refractivity contribution >= 4 is 17.5 Å². The van der Waals surface area contributed by atoms with Crippen molar-refractivity contribution in [1.82, 2.24) is 4.98 Å². The van der Waals surface area contributed by atoms with Crippen molar-refractivity contribution in [2.75, 3.05) is 12.4 Å². The van der Waals surface area contributed by atoms with E-state index in [1.807, 2.05) is 24.3 Å². The second-order valence-corrected chi connectivity index (χ2v) is 5.71. The molecule has 0 unspecified atom stereocenters. The fourth-order valence-electron chi connectivity index (χ4n) is 2.26. The molecule has 2 aromatic carbocycles. The largest absolute Gasteiger partial charge is 0.497 e. The zero-order valence-corrected chi connectivity index (χ0v) is 14.8. The molecule has 0 fully saturated rings. The Morgan fingerprint density at radius 2 is 1.88 bits per heavy atom. The Balaban J connectivity index is 1.64. The number of hydrogen-bond acceptors (Lipinski definition) is 6. The quantitative estimate of drug-likeness (QED) is 0.664. The highest BCUT2D eigenvalue weighted by molar-refractivity contribution is 6.31.